The molecule has 1 fully saturated rings. The highest BCUT2D eigenvalue weighted by Gasteiger charge is 2.20. The first-order valence-corrected chi connectivity index (χ1v) is 10.2. The van der Waals surface area contributed by atoms with Gasteiger partial charge >= 0.3 is 0 Å². The number of piperidine rings is 1. The molecule has 150 valence electrons. The van der Waals surface area contributed by atoms with Crippen LogP contribution in [0, 0.1) is 0 Å². The predicted molar refractivity (Wildman–Crippen MR) is 114 cm³/mol. The van der Waals surface area contributed by atoms with E-state index in [-0.39, 0.29) is 17.4 Å². The summed E-state index contributed by atoms with van der Waals surface area (Å²) < 4.78 is 1.73. The summed E-state index contributed by atoms with van der Waals surface area (Å²) in [5, 5.41) is 7.99. The molecule has 0 radical (unpaired) electrons. The van der Waals surface area contributed by atoms with Gasteiger partial charge in [-0.2, -0.15) is 5.10 Å². The van der Waals surface area contributed by atoms with E-state index in [1.165, 1.54) is 11.8 Å². The SMILES string of the molecule is O=C(CCn1ncc(=O)c2ccccc21)NC1CCN(Cc2ccccc2)CC1. The van der Waals surface area contributed by atoms with Crippen molar-refractivity contribution in [2.45, 2.75) is 38.4 Å². The fourth-order valence-corrected chi connectivity index (χ4v) is 3.92. The van der Waals surface area contributed by atoms with Gasteiger partial charge < -0.3 is 5.32 Å². The highest BCUT2D eigenvalue weighted by Crippen LogP contribution is 2.14. The molecule has 1 amide bonds. The van der Waals surface area contributed by atoms with Gasteiger partial charge in [0.2, 0.25) is 11.3 Å². The lowest BCUT2D eigenvalue weighted by atomic mass is 10.0. The van der Waals surface area contributed by atoms with Gasteiger partial charge in [-0.15, -0.1) is 0 Å². The number of rotatable bonds is 6. The Morgan fingerprint density at radius 1 is 1.03 bits per heavy atom. The molecular formula is C23H26N4O2. The van der Waals surface area contributed by atoms with E-state index in [1.807, 2.05) is 24.3 Å². The van der Waals surface area contributed by atoms with Crippen molar-refractivity contribution in [1.29, 1.82) is 0 Å². The molecule has 6 heteroatoms. The quantitative estimate of drug-likeness (QED) is 0.703. The van der Waals surface area contributed by atoms with E-state index in [1.54, 1.807) is 10.7 Å². The van der Waals surface area contributed by atoms with Crippen LogP contribution in [0.15, 0.2) is 65.6 Å². The summed E-state index contributed by atoms with van der Waals surface area (Å²) in [7, 11) is 0. The molecule has 1 saturated heterocycles. The van der Waals surface area contributed by atoms with Crippen molar-refractivity contribution in [3.8, 4) is 0 Å². The first-order chi connectivity index (χ1) is 14.2. The number of aromatic nitrogens is 2. The van der Waals surface area contributed by atoms with E-state index in [0.717, 1.165) is 38.0 Å². The largest absolute Gasteiger partial charge is 0.353 e. The summed E-state index contributed by atoms with van der Waals surface area (Å²) in [5.74, 6) is 0.0380. The van der Waals surface area contributed by atoms with Gasteiger partial charge in [-0.25, -0.2) is 0 Å². The number of aryl methyl sites for hydroxylation is 1. The highest BCUT2D eigenvalue weighted by molar-refractivity contribution is 5.79. The molecule has 0 atom stereocenters. The molecule has 2 heterocycles. The summed E-state index contributed by atoms with van der Waals surface area (Å²) in [5.41, 5.74) is 2.00. The topological polar surface area (TPSA) is 67.2 Å². The zero-order valence-electron chi connectivity index (χ0n) is 16.5. The maximum absolute atomic E-state index is 12.4. The van der Waals surface area contributed by atoms with Crippen LogP contribution in [-0.4, -0.2) is 39.7 Å². The Morgan fingerprint density at radius 3 is 2.55 bits per heavy atom. The molecule has 1 N–H and O–H groups in total. The number of amides is 1. The number of hydrogen-bond acceptors (Lipinski definition) is 4. The standard InChI is InChI=1S/C23H26N4O2/c28-22-16-24-27(21-9-5-4-8-20(21)22)15-12-23(29)25-19-10-13-26(14-11-19)17-18-6-2-1-3-7-18/h1-9,16,19H,10-15,17H2,(H,25,29). The molecular weight excluding hydrogens is 364 g/mol. The van der Waals surface area contributed by atoms with Crippen molar-refractivity contribution >= 4 is 16.8 Å². The van der Waals surface area contributed by atoms with Gasteiger partial charge in [0, 0.05) is 37.5 Å². The van der Waals surface area contributed by atoms with Crippen molar-refractivity contribution in [2.24, 2.45) is 0 Å². The van der Waals surface area contributed by atoms with E-state index in [4.69, 9.17) is 0 Å². The molecule has 1 aliphatic rings. The average Bonchev–Trinajstić information content (AvgIpc) is 2.76. The lowest BCUT2D eigenvalue weighted by molar-refractivity contribution is -0.122. The summed E-state index contributed by atoms with van der Waals surface area (Å²) in [6.45, 7) is 3.41. The minimum absolute atomic E-state index is 0.0380. The number of carbonyl (C=O) groups excluding carboxylic acids is 1. The molecule has 1 aromatic heterocycles. The summed E-state index contributed by atoms with van der Waals surface area (Å²) in [6.07, 6.45) is 3.61. The van der Waals surface area contributed by atoms with Crippen LogP contribution in [0.5, 0.6) is 0 Å². The lowest BCUT2D eigenvalue weighted by Gasteiger charge is -2.32. The number of likely N-dealkylation sites (tertiary alicyclic amines) is 1. The van der Waals surface area contributed by atoms with Crippen molar-refractivity contribution in [1.82, 2.24) is 20.0 Å². The third kappa shape index (κ3) is 4.90. The van der Waals surface area contributed by atoms with Crippen LogP contribution in [0.3, 0.4) is 0 Å². The minimum Gasteiger partial charge on any atom is -0.353 e. The van der Waals surface area contributed by atoms with Crippen LogP contribution in [0.25, 0.3) is 10.9 Å². The second kappa shape index (κ2) is 9.01. The molecule has 6 nitrogen and oxygen atoms in total. The van der Waals surface area contributed by atoms with Crippen LogP contribution in [-0.2, 0) is 17.9 Å². The number of fused-ring (bicyclic) bond motifs is 1. The van der Waals surface area contributed by atoms with E-state index in [0.29, 0.717) is 18.4 Å². The molecule has 2 aromatic carbocycles. The molecule has 0 bridgehead atoms. The maximum atomic E-state index is 12.4. The normalized spacial score (nSPS) is 15.4. The summed E-state index contributed by atoms with van der Waals surface area (Å²) in [6, 6.07) is 18.1. The van der Waals surface area contributed by atoms with Gasteiger partial charge in [0.15, 0.2) is 0 Å². The Bertz CT molecular complexity index is 1020. The monoisotopic (exact) mass is 390 g/mol. The highest BCUT2D eigenvalue weighted by atomic mass is 16.1. The van der Waals surface area contributed by atoms with Crippen LogP contribution >= 0.6 is 0 Å². The Balaban J connectivity index is 1.26. The van der Waals surface area contributed by atoms with Crippen LogP contribution in [0.2, 0.25) is 0 Å². The van der Waals surface area contributed by atoms with E-state index in [2.05, 4.69) is 39.6 Å². The van der Waals surface area contributed by atoms with Gasteiger partial charge in [-0.1, -0.05) is 42.5 Å². The smallest absolute Gasteiger partial charge is 0.222 e. The number of hydrogen-bond donors (Lipinski definition) is 1. The number of carbonyl (C=O) groups is 1. The van der Waals surface area contributed by atoms with Gasteiger partial charge in [-0.3, -0.25) is 19.2 Å². The number of nitrogens with zero attached hydrogens (tertiary/aromatic N) is 3. The van der Waals surface area contributed by atoms with Crippen molar-refractivity contribution in [3.05, 3.63) is 76.6 Å². The number of nitrogens with one attached hydrogen (secondary N) is 1. The molecule has 0 aliphatic carbocycles. The van der Waals surface area contributed by atoms with Crippen LogP contribution < -0.4 is 10.7 Å². The fraction of sp³-hybridized carbons (Fsp3) is 0.348. The van der Waals surface area contributed by atoms with Gasteiger partial charge in [0.25, 0.3) is 0 Å². The van der Waals surface area contributed by atoms with Crippen molar-refractivity contribution in [2.75, 3.05) is 13.1 Å². The summed E-state index contributed by atoms with van der Waals surface area (Å²) >= 11 is 0. The zero-order chi connectivity index (χ0) is 20.1. The van der Waals surface area contributed by atoms with E-state index in [9.17, 15) is 9.59 Å². The second-order valence-corrected chi connectivity index (χ2v) is 7.60. The Morgan fingerprint density at radius 2 is 1.76 bits per heavy atom. The van der Waals surface area contributed by atoms with Gasteiger partial charge in [-0.05, 0) is 30.5 Å². The number of benzene rings is 2. The molecule has 0 unspecified atom stereocenters. The van der Waals surface area contributed by atoms with E-state index >= 15 is 0 Å². The molecule has 0 spiro atoms. The first-order valence-electron chi connectivity index (χ1n) is 10.2. The number of para-hydroxylation sites is 1. The van der Waals surface area contributed by atoms with Crippen molar-refractivity contribution < 1.29 is 4.79 Å². The third-order valence-corrected chi connectivity index (χ3v) is 5.51. The van der Waals surface area contributed by atoms with Crippen molar-refractivity contribution in [3.63, 3.8) is 0 Å². The molecule has 3 aromatic rings. The summed E-state index contributed by atoms with van der Waals surface area (Å²) in [4.78, 5) is 26.8. The van der Waals surface area contributed by atoms with Crippen LogP contribution in [0.1, 0.15) is 24.8 Å². The zero-order valence-corrected chi connectivity index (χ0v) is 16.5. The van der Waals surface area contributed by atoms with Gasteiger partial charge in [0.1, 0.15) is 0 Å². The van der Waals surface area contributed by atoms with Gasteiger partial charge in [0.05, 0.1) is 18.3 Å². The Labute approximate surface area is 170 Å². The van der Waals surface area contributed by atoms with Crippen LogP contribution in [0.4, 0.5) is 0 Å². The predicted octanol–water partition coefficient (Wildman–Crippen LogP) is 2.57. The fourth-order valence-electron chi connectivity index (χ4n) is 3.92. The first kappa shape index (κ1) is 19.3. The Hall–Kier alpha value is -2.99. The lowest BCUT2D eigenvalue weighted by Crippen LogP contribution is -2.44. The third-order valence-electron chi connectivity index (χ3n) is 5.51. The molecule has 0 saturated carbocycles. The average molecular weight is 390 g/mol. The molecule has 29 heavy (non-hydrogen) atoms. The molecule has 1 aliphatic heterocycles. The minimum atomic E-state index is -0.0939. The second-order valence-electron chi connectivity index (χ2n) is 7.60. The maximum Gasteiger partial charge on any atom is 0.222 e. The Kier molecular flexibility index (Phi) is 6.00. The molecule has 4 rings (SSSR count). The van der Waals surface area contributed by atoms with E-state index < -0.39 is 0 Å².